The lowest BCUT2D eigenvalue weighted by Gasteiger charge is -2.38. The molecule has 0 amide bonds. The Bertz CT molecular complexity index is 1320. The van der Waals surface area contributed by atoms with E-state index in [0.717, 1.165) is 5.56 Å². The molecule has 0 fully saturated rings. The summed E-state index contributed by atoms with van der Waals surface area (Å²) >= 11 is 0. The van der Waals surface area contributed by atoms with Crippen molar-refractivity contribution in [3.05, 3.63) is 89.9 Å². The fraction of sp³-hybridized carbons (Fsp3) is 0.393. The summed E-state index contributed by atoms with van der Waals surface area (Å²) in [5.74, 6) is -0.150. The molecule has 0 bridgehead atoms. The molecule has 8 nitrogen and oxygen atoms in total. The Hall–Kier alpha value is -2.79. The highest BCUT2D eigenvalue weighted by Gasteiger charge is 2.43. The van der Waals surface area contributed by atoms with Crippen LogP contribution in [-0.4, -0.2) is 29.9 Å². The normalized spacial score (nSPS) is 15.4. The molecule has 0 aliphatic carbocycles. The molecule has 1 unspecified atom stereocenters. The minimum Gasteiger partial charge on any atom is -0.468 e. The lowest BCUT2D eigenvalue weighted by molar-refractivity contribution is -0.145. The summed E-state index contributed by atoms with van der Waals surface area (Å²) in [6, 6.07) is 18.0. The smallest absolute Gasteiger partial charge is 0.308 e. The Balaban J connectivity index is 2.13. The van der Waals surface area contributed by atoms with E-state index in [0.29, 0.717) is 11.3 Å². The van der Waals surface area contributed by atoms with E-state index in [4.69, 9.17) is 9.15 Å². The van der Waals surface area contributed by atoms with Gasteiger partial charge in [0, 0.05) is 0 Å². The van der Waals surface area contributed by atoms with Crippen LogP contribution in [0.15, 0.2) is 82.3 Å². The molecule has 3 atom stereocenters. The first-order chi connectivity index (χ1) is 17.9. The average Bonchev–Trinajstić information content (AvgIpc) is 3.39. The molecule has 10 heteroatoms. The Labute approximate surface area is 227 Å². The van der Waals surface area contributed by atoms with Gasteiger partial charge in [-0.3, -0.25) is 4.79 Å². The number of benzene rings is 2. The van der Waals surface area contributed by atoms with Crippen molar-refractivity contribution in [2.45, 2.75) is 68.7 Å². The lowest BCUT2D eigenvalue weighted by Crippen LogP contribution is -2.51. The Morgan fingerprint density at radius 3 is 2.24 bits per heavy atom. The first-order valence-corrected chi connectivity index (χ1v) is 15.0. The molecule has 0 spiro atoms. The first kappa shape index (κ1) is 29.8. The highest BCUT2D eigenvalue weighted by Crippen LogP contribution is 2.38. The van der Waals surface area contributed by atoms with Crippen molar-refractivity contribution in [1.82, 2.24) is 9.44 Å². The molecule has 2 aromatic carbocycles. The topological polar surface area (TPSA) is 115 Å². The summed E-state index contributed by atoms with van der Waals surface area (Å²) in [7, 11) is -5.60. The van der Waals surface area contributed by atoms with Crippen molar-refractivity contribution in [2.24, 2.45) is 0 Å². The van der Waals surface area contributed by atoms with Crippen molar-refractivity contribution in [3.8, 4) is 0 Å². The lowest BCUT2D eigenvalue weighted by atomic mass is 9.81. The van der Waals surface area contributed by atoms with Crippen LogP contribution in [0.2, 0.25) is 0 Å². The maximum Gasteiger partial charge on any atom is 0.308 e. The van der Waals surface area contributed by atoms with Crippen molar-refractivity contribution in [3.63, 3.8) is 0 Å². The highest BCUT2D eigenvalue weighted by atomic mass is 32.2. The van der Waals surface area contributed by atoms with Gasteiger partial charge in [-0.2, -0.15) is 0 Å². The summed E-state index contributed by atoms with van der Waals surface area (Å²) in [6.45, 7) is 9.22. The number of rotatable bonds is 12. The van der Waals surface area contributed by atoms with E-state index in [-0.39, 0.29) is 24.3 Å². The van der Waals surface area contributed by atoms with E-state index >= 15 is 0 Å². The van der Waals surface area contributed by atoms with E-state index in [1.165, 1.54) is 18.4 Å². The van der Waals surface area contributed by atoms with Gasteiger partial charge in [0.25, 0.3) is 0 Å². The molecule has 3 rings (SSSR count). The SMILES string of the molecule is CCOC(=O)CC(C[C@H](NS(=O)(=O)c1ccc(C)cc1)c1ccco1)(N[S@@](=O)C(C)(C)C)c1ccccc1. The zero-order valence-electron chi connectivity index (χ0n) is 22.4. The molecule has 0 saturated carbocycles. The predicted molar refractivity (Wildman–Crippen MR) is 148 cm³/mol. The van der Waals surface area contributed by atoms with Gasteiger partial charge in [0.05, 0.1) is 51.5 Å². The van der Waals surface area contributed by atoms with Crippen molar-refractivity contribution in [2.75, 3.05) is 6.61 Å². The number of sulfonamides is 1. The van der Waals surface area contributed by atoms with Crippen molar-refractivity contribution >= 4 is 27.0 Å². The van der Waals surface area contributed by atoms with E-state index in [1.807, 2.05) is 58.0 Å². The van der Waals surface area contributed by atoms with Crippen molar-refractivity contribution in [1.29, 1.82) is 0 Å². The maximum atomic E-state index is 13.5. The van der Waals surface area contributed by atoms with Gasteiger partial charge in [0.1, 0.15) is 5.76 Å². The van der Waals surface area contributed by atoms with Crippen LogP contribution in [0.3, 0.4) is 0 Å². The molecule has 0 radical (unpaired) electrons. The molecule has 1 heterocycles. The van der Waals surface area contributed by atoms with E-state index in [9.17, 15) is 17.4 Å². The van der Waals surface area contributed by atoms with Crippen LogP contribution in [-0.2, 0) is 36.1 Å². The third-order valence-electron chi connectivity index (χ3n) is 5.99. The fourth-order valence-corrected chi connectivity index (χ4v) is 6.12. The molecule has 38 heavy (non-hydrogen) atoms. The van der Waals surface area contributed by atoms with Gasteiger partial charge in [-0.15, -0.1) is 0 Å². The summed E-state index contributed by atoms with van der Waals surface area (Å²) in [5.41, 5.74) is 0.327. The summed E-state index contributed by atoms with van der Waals surface area (Å²) < 4.78 is 56.6. The highest BCUT2D eigenvalue weighted by molar-refractivity contribution is 7.89. The van der Waals surface area contributed by atoms with E-state index in [1.54, 1.807) is 31.2 Å². The van der Waals surface area contributed by atoms with E-state index in [2.05, 4.69) is 9.44 Å². The van der Waals surface area contributed by atoms with Gasteiger partial charge in [-0.05, 0) is 70.9 Å². The van der Waals surface area contributed by atoms with Gasteiger partial charge < -0.3 is 9.15 Å². The molecular weight excluding hydrogens is 524 g/mol. The van der Waals surface area contributed by atoms with Crippen LogP contribution in [0.1, 0.15) is 63.5 Å². The number of hydrogen-bond donors (Lipinski definition) is 2. The molecule has 0 saturated heterocycles. The number of ether oxygens (including phenoxy) is 1. The first-order valence-electron chi connectivity index (χ1n) is 12.4. The van der Waals surface area contributed by atoms with Gasteiger partial charge in [-0.1, -0.05) is 48.0 Å². The van der Waals surface area contributed by atoms with Crippen LogP contribution in [0, 0.1) is 6.92 Å². The average molecular weight is 561 g/mol. The number of esters is 1. The number of aryl methyl sites for hydroxylation is 1. The number of furan rings is 1. The van der Waals surface area contributed by atoms with Gasteiger partial charge in [-0.25, -0.2) is 22.1 Å². The summed E-state index contributed by atoms with van der Waals surface area (Å²) in [6.07, 6.45) is 1.28. The zero-order chi connectivity index (χ0) is 28.0. The summed E-state index contributed by atoms with van der Waals surface area (Å²) in [4.78, 5) is 13.0. The number of carbonyl (C=O) groups excluding carboxylic acids is 1. The van der Waals surface area contributed by atoms with Gasteiger partial charge >= 0.3 is 5.97 Å². The fourth-order valence-electron chi connectivity index (χ4n) is 3.99. The second-order valence-electron chi connectivity index (χ2n) is 10.1. The molecule has 1 aromatic heterocycles. The van der Waals surface area contributed by atoms with Crippen LogP contribution in [0.4, 0.5) is 0 Å². The number of nitrogens with one attached hydrogen (secondary N) is 2. The zero-order valence-corrected chi connectivity index (χ0v) is 24.0. The Morgan fingerprint density at radius 2 is 1.68 bits per heavy atom. The van der Waals surface area contributed by atoms with E-state index < -0.39 is 43.3 Å². The molecular formula is C28H36N2O6S2. The minimum atomic E-state index is -3.98. The molecule has 0 aliphatic heterocycles. The number of carbonyl (C=O) groups is 1. The second-order valence-corrected chi connectivity index (χ2v) is 13.8. The third kappa shape index (κ3) is 7.63. The van der Waals surface area contributed by atoms with Crippen LogP contribution < -0.4 is 9.44 Å². The van der Waals surface area contributed by atoms with Gasteiger partial charge in [0.2, 0.25) is 10.0 Å². The van der Waals surface area contributed by atoms with Gasteiger partial charge in [0.15, 0.2) is 0 Å². The summed E-state index contributed by atoms with van der Waals surface area (Å²) in [5, 5.41) is 0. The monoisotopic (exact) mass is 560 g/mol. The van der Waals surface area contributed by atoms with Crippen LogP contribution in [0.5, 0.6) is 0 Å². The predicted octanol–water partition coefficient (Wildman–Crippen LogP) is 4.90. The second kappa shape index (κ2) is 12.4. The molecule has 206 valence electrons. The molecule has 3 aromatic rings. The molecule has 0 aliphatic rings. The standard InChI is InChI=1S/C28H36N2O6S2/c1-6-35-26(31)20-28(22-11-8-7-9-12-22,30-37(32)27(3,4)5)19-24(25-13-10-18-36-25)29-38(33,34)23-16-14-21(2)15-17-23/h7-18,24,29-30H,6,19-20H2,1-5H3/t24-,28?,37-/m0/s1. The minimum absolute atomic E-state index is 0.0102. The number of hydrogen-bond acceptors (Lipinski definition) is 6. The quantitative estimate of drug-likeness (QED) is 0.305. The third-order valence-corrected chi connectivity index (χ3v) is 9.17. The van der Waals surface area contributed by atoms with Crippen LogP contribution >= 0.6 is 0 Å². The van der Waals surface area contributed by atoms with Crippen LogP contribution in [0.25, 0.3) is 0 Å². The Morgan fingerprint density at radius 1 is 1.03 bits per heavy atom. The Kier molecular flexibility index (Phi) is 9.69. The largest absolute Gasteiger partial charge is 0.468 e. The van der Waals surface area contributed by atoms with Crippen molar-refractivity contribution < 1.29 is 26.6 Å². The molecule has 2 N–H and O–H groups in total. The maximum absolute atomic E-state index is 13.5.